The van der Waals surface area contributed by atoms with Gasteiger partial charge in [0.1, 0.15) is 5.25 Å². The highest BCUT2D eigenvalue weighted by Gasteiger charge is 2.29. The average molecular weight is 481 g/mol. The van der Waals surface area contributed by atoms with Crippen LogP contribution in [0.1, 0.15) is 23.7 Å². The van der Waals surface area contributed by atoms with Gasteiger partial charge in [0.15, 0.2) is 0 Å². The number of benzene rings is 3. The number of carbonyl (C=O) groups excluding carboxylic acids is 2. The summed E-state index contributed by atoms with van der Waals surface area (Å²) in [4.78, 5) is 26.1. The number of hydrogen-bond donors (Lipinski definition) is 2. The molecule has 1 aliphatic rings. The van der Waals surface area contributed by atoms with E-state index in [4.69, 9.17) is 0 Å². The van der Waals surface area contributed by atoms with Crippen molar-refractivity contribution in [2.24, 2.45) is 5.92 Å². The molecule has 152 valence electrons. The molecule has 4 rings (SSSR count). The van der Waals surface area contributed by atoms with E-state index in [1.807, 2.05) is 78.9 Å². The molecular weight excluding hydrogens is 460 g/mol. The minimum Gasteiger partial charge on any atom is -0.326 e. The number of rotatable bonds is 7. The molecule has 2 N–H and O–H groups in total. The molecule has 3 aromatic rings. The highest BCUT2D eigenvalue weighted by atomic mass is 79.9. The van der Waals surface area contributed by atoms with Crippen LogP contribution in [0.3, 0.4) is 0 Å². The Morgan fingerprint density at radius 1 is 0.867 bits per heavy atom. The molecule has 0 heterocycles. The fourth-order valence-corrected chi connectivity index (χ4v) is 4.36. The summed E-state index contributed by atoms with van der Waals surface area (Å²) in [6.07, 6.45) is 1.93. The fraction of sp³-hybridized carbons (Fsp3) is 0.167. The average Bonchev–Trinajstić information content (AvgIpc) is 3.60. The topological polar surface area (TPSA) is 58.2 Å². The Kier molecular flexibility index (Phi) is 6.55. The quantitative estimate of drug-likeness (QED) is 0.391. The molecule has 1 saturated carbocycles. The van der Waals surface area contributed by atoms with Crippen molar-refractivity contribution < 1.29 is 9.59 Å². The molecule has 3 aromatic carbocycles. The number of carbonyl (C=O) groups is 2. The first kappa shape index (κ1) is 20.7. The van der Waals surface area contributed by atoms with E-state index in [1.165, 1.54) is 11.8 Å². The standard InChI is InChI=1S/C24H21BrN2O2S/c25-18-11-13-19(14-12-18)26-24(29)22(16-5-2-1-3-6-16)30-21-8-4-7-20(15-21)27-23(28)17-9-10-17/h1-8,11-15,17,22H,9-10H2,(H,26,29)(H,27,28). The van der Waals surface area contributed by atoms with Crippen LogP contribution in [-0.4, -0.2) is 11.8 Å². The monoisotopic (exact) mass is 480 g/mol. The summed E-state index contributed by atoms with van der Waals surface area (Å²) in [6, 6.07) is 24.9. The minimum absolute atomic E-state index is 0.0738. The van der Waals surface area contributed by atoms with Gasteiger partial charge in [-0.25, -0.2) is 0 Å². The highest BCUT2D eigenvalue weighted by molar-refractivity contribution is 9.10. The van der Waals surface area contributed by atoms with Crippen LogP contribution in [0.15, 0.2) is 88.2 Å². The van der Waals surface area contributed by atoms with Crippen molar-refractivity contribution in [3.63, 3.8) is 0 Å². The summed E-state index contributed by atoms with van der Waals surface area (Å²) >= 11 is 4.88. The third kappa shape index (κ3) is 5.52. The first-order valence-corrected chi connectivity index (χ1v) is 11.4. The van der Waals surface area contributed by atoms with Gasteiger partial charge in [-0.15, -0.1) is 11.8 Å². The summed E-state index contributed by atoms with van der Waals surface area (Å²) in [5.41, 5.74) is 2.43. The Bertz CT molecular complexity index is 1040. The first-order chi connectivity index (χ1) is 14.6. The lowest BCUT2D eigenvalue weighted by Crippen LogP contribution is -2.19. The molecule has 0 bridgehead atoms. The molecule has 2 amide bonds. The third-order valence-electron chi connectivity index (χ3n) is 4.76. The van der Waals surface area contributed by atoms with Gasteiger partial charge < -0.3 is 10.6 Å². The summed E-state index contributed by atoms with van der Waals surface area (Å²) in [6.45, 7) is 0. The molecule has 1 fully saturated rings. The Labute approximate surface area is 188 Å². The fourth-order valence-electron chi connectivity index (χ4n) is 3.01. The maximum atomic E-state index is 13.1. The van der Waals surface area contributed by atoms with Crippen LogP contribution >= 0.6 is 27.7 Å². The summed E-state index contributed by atoms with van der Waals surface area (Å²) in [7, 11) is 0. The second-order valence-corrected chi connectivity index (χ2v) is 9.29. The molecule has 30 heavy (non-hydrogen) atoms. The molecule has 0 radical (unpaired) electrons. The smallest absolute Gasteiger partial charge is 0.242 e. The highest BCUT2D eigenvalue weighted by Crippen LogP contribution is 2.37. The molecule has 0 saturated heterocycles. The third-order valence-corrected chi connectivity index (χ3v) is 6.53. The van der Waals surface area contributed by atoms with Crippen molar-refractivity contribution in [2.75, 3.05) is 10.6 Å². The molecule has 1 unspecified atom stereocenters. The van der Waals surface area contributed by atoms with Crippen LogP contribution in [0.2, 0.25) is 0 Å². The number of halogens is 1. The van der Waals surface area contributed by atoms with Gasteiger partial charge in [-0.3, -0.25) is 9.59 Å². The van der Waals surface area contributed by atoms with Gasteiger partial charge in [-0.05, 0) is 60.9 Å². The van der Waals surface area contributed by atoms with Crippen molar-refractivity contribution in [3.8, 4) is 0 Å². The minimum atomic E-state index is -0.427. The Balaban J connectivity index is 1.53. The largest absolute Gasteiger partial charge is 0.326 e. The molecule has 0 spiro atoms. The van der Waals surface area contributed by atoms with E-state index in [9.17, 15) is 9.59 Å². The van der Waals surface area contributed by atoms with Crippen LogP contribution < -0.4 is 10.6 Å². The predicted molar refractivity (Wildman–Crippen MR) is 126 cm³/mol. The zero-order valence-electron chi connectivity index (χ0n) is 16.2. The predicted octanol–water partition coefficient (Wildman–Crippen LogP) is 6.27. The first-order valence-electron chi connectivity index (χ1n) is 9.77. The SMILES string of the molecule is O=C(Nc1cccc(SC(C(=O)Nc2ccc(Br)cc2)c2ccccc2)c1)C1CC1. The Hall–Kier alpha value is -2.57. The van der Waals surface area contributed by atoms with Gasteiger partial charge in [0.05, 0.1) is 0 Å². The van der Waals surface area contributed by atoms with E-state index in [1.54, 1.807) is 0 Å². The lowest BCUT2D eigenvalue weighted by atomic mass is 10.1. The van der Waals surface area contributed by atoms with Crippen LogP contribution in [0.4, 0.5) is 11.4 Å². The van der Waals surface area contributed by atoms with Crippen molar-refractivity contribution in [1.29, 1.82) is 0 Å². The lowest BCUT2D eigenvalue weighted by Gasteiger charge is -2.18. The summed E-state index contributed by atoms with van der Waals surface area (Å²) < 4.78 is 0.958. The molecule has 0 aromatic heterocycles. The normalized spacial score (nSPS) is 14.0. The van der Waals surface area contributed by atoms with Crippen LogP contribution in [0.25, 0.3) is 0 Å². The van der Waals surface area contributed by atoms with E-state index in [2.05, 4.69) is 26.6 Å². The van der Waals surface area contributed by atoms with Crippen LogP contribution in [-0.2, 0) is 9.59 Å². The lowest BCUT2D eigenvalue weighted by molar-refractivity contribution is -0.117. The number of nitrogens with one attached hydrogen (secondary N) is 2. The molecule has 4 nitrogen and oxygen atoms in total. The number of anilines is 2. The second kappa shape index (κ2) is 9.49. The van der Waals surface area contributed by atoms with Crippen molar-refractivity contribution in [2.45, 2.75) is 23.0 Å². The van der Waals surface area contributed by atoms with Gasteiger partial charge in [0, 0.05) is 26.7 Å². The van der Waals surface area contributed by atoms with E-state index in [0.717, 1.165) is 39.1 Å². The van der Waals surface area contributed by atoms with Gasteiger partial charge in [0.25, 0.3) is 0 Å². The van der Waals surface area contributed by atoms with E-state index in [-0.39, 0.29) is 17.7 Å². The molecule has 1 atom stereocenters. The van der Waals surface area contributed by atoms with E-state index < -0.39 is 5.25 Å². The zero-order valence-corrected chi connectivity index (χ0v) is 18.6. The van der Waals surface area contributed by atoms with Crippen LogP contribution in [0.5, 0.6) is 0 Å². The number of amides is 2. The second-order valence-electron chi connectivity index (χ2n) is 7.20. The van der Waals surface area contributed by atoms with Gasteiger partial charge >= 0.3 is 0 Å². The molecular formula is C24H21BrN2O2S. The van der Waals surface area contributed by atoms with Crippen LogP contribution in [0, 0.1) is 5.92 Å². The van der Waals surface area contributed by atoms with E-state index in [0.29, 0.717) is 0 Å². The summed E-state index contributed by atoms with van der Waals surface area (Å²) in [5, 5.41) is 5.56. The van der Waals surface area contributed by atoms with Gasteiger partial charge in [-0.1, -0.05) is 52.3 Å². The molecule has 0 aliphatic heterocycles. The maximum Gasteiger partial charge on any atom is 0.242 e. The Morgan fingerprint density at radius 2 is 1.60 bits per heavy atom. The Morgan fingerprint density at radius 3 is 2.30 bits per heavy atom. The van der Waals surface area contributed by atoms with Crippen molar-refractivity contribution in [3.05, 3.63) is 88.9 Å². The number of hydrogen-bond acceptors (Lipinski definition) is 3. The van der Waals surface area contributed by atoms with Gasteiger partial charge in [0.2, 0.25) is 11.8 Å². The molecule has 6 heteroatoms. The summed E-state index contributed by atoms with van der Waals surface area (Å²) in [5.74, 6) is 0.126. The van der Waals surface area contributed by atoms with Crippen molar-refractivity contribution >= 4 is 50.9 Å². The number of thioether (sulfide) groups is 1. The zero-order chi connectivity index (χ0) is 20.9. The maximum absolute atomic E-state index is 13.1. The molecule has 1 aliphatic carbocycles. The van der Waals surface area contributed by atoms with Gasteiger partial charge in [-0.2, -0.15) is 0 Å². The van der Waals surface area contributed by atoms with E-state index >= 15 is 0 Å². The van der Waals surface area contributed by atoms with Crippen molar-refractivity contribution in [1.82, 2.24) is 0 Å².